The molecule has 2 heterocycles. The van der Waals surface area contributed by atoms with Gasteiger partial charge >= 0.3 is 5.97 Å². The third kappa shape index (κ3) is 6.36. The van der Waals surface area contributed by atoms with E-state index < -0.39 is 5.54 Å². The molecular weight excluding hydrogens is 495 g/mol. The zero-order valence-electron chi connectivity index (χ0n) is 21.6. The number of benzene rings is 2. The number of hydrogen-bond donors (Lipinski definition) is 0. The number of halogens is 2. The van der Waals surface area contributed by atoms with Gasteiger partial charge < -0.3 is 14.4 Å². The highest BCUT2D eigenvalue weighted by Crippen LogP contribution is 2.34. The van der Waals surface area contributed by atoms with Crippen LogP contribution in [0.4, 0.5) is 0 Å². The van der Waals surface area contributed by atoms with Gasteiger partial charge in [0.15, 0.2) is 0 Å². The molecule has 0 spiro atoms. The van der Waals surface area contributed by atoms with E-state index in [4.69, 9.17) is 32.7 Å². The first kappa shape index (κ1) is 27.3. The normalized spacial score (nSPS) is 20.1. The van der Waals surface area contributed by atoms with Crippen molar-refractivity contribution in [2.45, 2.75) is 57.6 Å². The maximum absolute atomic E-state index is 12.9. The van der Waals surface area contributed by atoms with Crippen LogP contribution >= 0.6 is 23.2 Å². The molecule has 0 amide bonds. The number of likely N-dealkylation sites (tertiary alicyclic amines) is 2. The summed E-state index contributed by atoms with van der Waals surface area (Å²) in [7, 11) is 1.49. The highest BCUT2D eigenvalue weighted by molar-refractivity contribution is 6.42. The smallest absolute Gasteiger partial charge is 0.326 e. The molecule has 196 valence electrons. The van der Waals surface area contributed by atoms with Crippen molar-refractivity contribution in [3.63, 3.8) is 0 Å². The van der Waals surface area contributed by atoms with Gasteiger partial charge in [0.2, 0.25) is 0 Å². The van der Waals surface area contributed by atoms with Crippen LogP contribution in [0.25, 0.3) is 0 Å². The van der Waals surface area contributed by atoms with E-state index >= 15 is 0 Å². The van der Waals surface area contributed by atoms with Crippen LogP contribution in [0.3, 0.4) is 0 Å². The van der Waals surface area contributed by atoms with Crippen molar-refractivity contribution in [2.75, 3.05) is 39.8 Å². The lowest BCUT2D eigenvalue weighted by Crippen LogP contribution is -2.57. The summed E-state index contributed by atoms with van der Waals surface area (Å²) in [5.74, 6) is 1.33. The van der Waals surface area contributed by atoms with E-state index in [-0.39, 0.29) is 12.1 Å². The molecule has 0 bridgehead atoms. The maximum atomic E-state index is 12.9. The Labute approximate surface area is 225 Å². The lowest BCUT2D eigenvalue weighted by atomic mass is 9.86. The van der Waals surface area contributed by atoms with E-state index in [1.165, 1.54) is 7.11 Å². The second kappa shape index (κ2) is 12.2. The van der Waals surface area contributed by atoms with Gasteiger partial charge in [-0.05, 0) is 76.2 Å². The fraction of sp³-hybridized carbons (Fsp3) is 0.552. The Balaban J connectivity index is 1.26. The molecule has 0 saturated carbocycles. The van der Waals surface area contributed by atoms with Crippen LogP contribution in [0, 0.1) is 12.8 Å². The highest BCUT2D eigenvalue weighted by Gasteiger charge is 2.42. The quantitative estimate of drug-likeness (QED) is 0.388. The van der Waals surface area contributed by atoms with Crippen LogP contribution < -0.4 is 4.74 Å². The van der Waals surface area contributed by atoms with E-state index in [9.17, 15) is 4.79 Å². The van der Waals surface area contributed by atoms with Crippen LogP contribution in [-0.4, -0.2) is 67.2 Å². The molecule has 36 heavy (non-hydrogen) atoms. The summed E-state index contributed by atoms with van der Waals surface area (Å²) in [5, 5.41) is 1.14. The van der Waals surface area contributed by atoms with Crippen molar-refractivity contribution in [3.8, 4) is 5.75 Å². The van der Waals surface area contributed by atoms with E-state index in [0.717, 1.165) is 75.3 Å². The number of rotatable bonds is 8. The molecule has 1 unspecified atom stereocenters. The van der Waals surface area contributed by atoms with Crippen molar-refractivity contribution < 1.29 is 14.3 Å². The van der Waals surface area contributed by atoms with Crippen LogP contribution in [0.15, 0.2) is 42.5 Å². The number of ether oxygens (including phenoxy) is 2. The fourth-order valence-electron chi connectivity index (χ4n) is 5.65. The molecule has 2 aliphatic rings. The molecule has 0 radical (unpaired) electrons. The summed E-state index contributed by atoms with van der Waals surface area (Å²) in [6, 6.07) is 14.0. The van der Waals surface area contributed by atoms with Crippen molar-refractivity contribution in [2.24, 2.45) is 5.92 Å². The number of piperidine rings is 2. The summed E-state index contributed by atoms with van der Waals surface area (Å²) >= 11 is 12.4. The van der Waals surface area contributed by atoms with Crippen LogP contribution in [-0.2, 0) is 16.0 Å². The second-order valence-electron chi connectivity index (χ2n) is 10.5. The maximum Gasteiger partial charge on any atom is 0.326 e. The van der Waals surface area contributed by atoms with Crippen LogP contribution in [0.2, 0.25) is 10.0 Å². The summed E-state index contributed by atoms with van der Waals surface area (Å²) in [4.78, 5) is 17.8. The molecule has 2 saturated heterocycles. The Kier molecular flexibility index (Phi) is 9.21. The molecule has 4 rings (SSSR count). The number of methoxy groups -OCH3 is 1. The lowest BCUT2D eigenvalue weighted by Gasteiger charge is -2.44. The first-order valence-corrected chi connectivity index (χ1v) is 13.8. The lowest BCUT2D eigenvalue weighted by molar-refractivity contribution is -0.155. The number of nitrogens with zero attached hydrogens (tertiary/aromatic N) is 2. The number of carbonyl (C=O) groups is 1. The third-order valence-electron chi connectivity index (χ3n) is 7.96. The fourth-order valence-corrected chi connectivity index (χ4v) is 6.01. The highest BCUT2D eigenvalue weighted by atomic mass is 35.5. The minimum Gasteiger partial charge on any atom is -0.490 e. The van der Waals surface area contributed by atoms with Gasteiger partial charge in [-0.2, -0.15) is 0 Å². The van der Waals surface area contributed by atoms with Gasteiger partial charge in [-0.15, -0.1) is 0 Å². The minimum absolute atomic E-state index is 0.149. The Morgan fingerprint density at radius 1 is 1.00 bits per heavy atom. The SMILES string of the molecule is COC(=O)C(C)(Cc1ccccc1)N1CCC(CN2CCC(Oc3ccc(Cl)c(Cl)c3C)CC2)CC1. The van der Waals surface area contributed by atoms with Crippen molar-refractivity contribution in [1.29, 1.82) is 0 Å². The summed E-state index contributed by atoms with van der Waals surface area (Å²) in [6.07, 6.45) is 5.08. The monoisotopic (exact) mass is 532 g/mol. The number of carbonyl (C=O) groups excluding carboxylic acids is 1. The van der Waals surface area contributed by atoms with E-state index in [2.05, 4.69) is 21.9 Å². The summed E-state index contributed by atoms with van der Waals surface area (Å²) < 4.78 is 11.5. The Bertz CT molecular complexity index is 1020. The van der Waals surface area contributed by atoms with Gasteiger partial charge in [0.25, 0.3) is 0 Å². The Hall–Kier alpha value is -1.79. The van der Waals surface area contributed by atoms with Gasteiger partial charge in [0.05, 0.1) is 17.2 Å². The van der Waals surface area contributed by atoms with E-state index in [0.29, 0.717) is 22.4 Å². The van der Waals surface area contributed by atoms with Crippen molar-refractivity contribution in [1.82, 2.24) is 9.80 Å². The molecule has 7 heteroatoms. The standard InChI is InChI=1S/C29H38Cl2N2O3/c1-21-26(10-9-25(30)27(21)31)36-24-13-15-32(16-14-24)20-23-11-17-33(18-12-23)29(2,28(34)35-3)19-22-7-5-4-6-8-22/h4-10,23-24H,11-20H2,1-3H3. The average molecular weight is 534 g/mol. The molecular formula is C29H38Cl2N2O3. The second-order valence-corrected chi connectivity index (χ2v) is 11.2. The zero-order chi connectivity index (χ0) is 25.7. The minimum atomic E-state index is -0.639. The predicted molar refractivity (Wildman–Crippen MR) is 146 cm³/mol. The molecule has 1 atom stereocenters. The van der Waals surface area contributed by atoms with E-state index in [1.54, 1.807) is 6.07 Å². The number of hydrogen-bond acceptors (Lipinski definition) is 5. The topological polar surface area (TPSA) is 42.0 Å². The van der Waals surface area contributed by atoms with Crippen LogP contribution in [0.5, 0.6) is 5.75 Å². The molecule has 2 aromatic carbocycles. The first-order chi connectivity index (χ1) is 17.3. The van der Waals surface area contributed by atoms with E-state index in [1.807, 2.05) is 38.1 Å². The summed E-state index contributed by atoms with van der Waals surface area (Å²) in [5.41, 5.74) is 1.43. The predicted octanol–water partition coefficient (Wildman–Crippen LogP) is 6.03. The molecule has 2 fully saturated rings. The summed E-state index contributed by atoms with van der Waals surface area (Å²) in [6.45, 7) is 9.01. The molecule has 0 N–H and O–H groups in total. The van der Waals surface area contributed by atoms with Crippen molar-refractivity contribution >= 4 is 29.2 Å². The largest absolute Gasteiger partial charge is 0.490 e. The number of esters is 1. The van der Waals surface area contributed by atoms with Crippen molar-refractivity contribution in [3.05, 3.63) is 63.6 Å². The molecule has 2 aromatic rings. The van der Waals surface area contributed by atoms with Gasteiger partial charge in [-0.3, -0.25) is 9.69 Å². The molecule has 0 aliphatic carbocycles. The first-order valence-electron chi connectivity index (χ1n) is 13.0. The Morgan fingerprint density at radius 2 is 1.67 bits per heavy atom. The average Bonchev–Trinajstić information content (AvgIpc) is 2.90. The van der Waals surface area contributed by atoms with Crippen LogP contribution in [0.1, 0.15) is 43.7 Å². The third-order valence-corrected chi connectivity index (χ3v) is 8.86. The molecule has 2 aliphatic heterocycles. The molecule has 0 aromatic heterocycles. The van der Waals surface area contributed by atoms with Gasteiger partial charge in [0, 0.05) is 31.6 Å². The molecule has 5 nitrogen and oxygen atoms in total. The van der Waals surface area contributed by atoms with Gasteiger partial charge in [-0.1, -0.05) is 53.5 Å². The Morgan fingerprint density at radius 3 is 2.31 bits per heavy atom. The van der Waals surface area contributed by atoms with Gasteiger partial charge in [-0.25, -0.2) is 0 Å². The zero-order valence-corrected chi connectivity index (χ0v) is 23.2. The van der Waals surface area contributed by atoms with Gasteiger partial charge in [0.1, 0.15) is 17.4 Å².